The fourth-order valence-corrected chi connectivity index (χ4v) is 5.01. The molecule has 2 aromatic rings. The molecule has 154 valence electrons. The standard InChI is InChI=1S/C20H23N3O5S/c1-13-10-17-11-16(8-9-19(17)22(13)29(4,27)28)20(24)21(3)14(2)15-6-5-7-18(12-15)23(25)26/h5-9,11-14H,10H2,1-4H3/t13-,14-/m0/s1. The van der Waals surface area contributed by atoms with Crippen LogP contribution in [0.25, 0.3) is 0 Å². The lowest BCUT2D eigenvalue weighted by Crippen LogP contribution is -2.34. The summed E-state index contributed by atoms with van der Waals surface area (Å²) in [5.74, 6) is -0.239. The molecule has 2 atom stereocenters. The molecule has 1 aliphatic rings. The van der Waals surface area contributed by atoms with Crippen molar-refractivity contribution < 1.29 is 18.1 Å². The minimum Gasteiger partial charge on any atom is -0.335 e. The van der Waals surface area contributed by atoms with Crippen molar-refractivity contribution in [3.8, 4) is 0 Å². The van der Waals surface area contributed by atoms with Crippen LogP contribution in [0.2, 0.25) is 0 Å². The van der Waals surface area contributed by atoms with Crippen LogP contribution < -0.4 is 4.31 Å². The van der Waals surface area contributed by atoms with Crippen LogP contribution in [-0.2, 0) is 16.4 Å². The molecule has 8 nitrogen and oxygen atoms in total. The second-order valence-corrected chi connectivity index (χ2v) is 9.26. The minimum atomic E-state index is -3.39. The number of carbonyl (C=O) groups is 1. The second-order valence-electron chi connectivity index (χ2n) is 7.40. The highest BCUT2D eigenvalue weighted by Gasteiger charge is 2.33. The van der Waals surface area contributed by atoms with Crippen LogP contribution in [0.15, 0.2) is 42.5 Å². The van der Waals surface area contributed by atoms with Gasteiger partial charge in [0.05, 0.1) is 22.9 Å². The summed E-state index contributed by atoms with van der Waals surface area (Å²) < 4.78 is 25.5. The Balaban J connectivity index is 1.87. The van der Waals surface area contributed by atoms with Gasteiger partial charge in [-0.2, -0.15) is 0 Å². The van der Waals surface area contributed by atoms with Crippen LogP contribution in [0.4, 0.5) is 11.4 Å². The van der Waals surface area contributed by atoms with E-state index in [1.165, 1.54) is 27.6 Å². The van der Waals surface area contributed by atoms with Crippen molar-refractivity contribution in [2.75, 3.05) is 17.6 Å². The van der Waals surface area contributed by atoms with Crippen molar-refractivity contribution in [1.29, 1.82) is 0 Å². The lowest BCUT2D eigenvalue weighted by atomic mass is 10.0. The topological polar surface area (TPSA) is 101 Å². The molecule has 0 unspecified atom stereocenters. The average molecular weight is 417 g/mol. The summed E-state index contributed by atoms with van der Waals surface area (Å²) in [5.41, 5.74) is 2.50. The molecule has 1 heterocycles. The number of fused-ring (bicyclic) bond motifs is 1. The third-order valence-corrected chi connectivity index (χ3v) is 6.57. The fraction of sp³-hybridized carbons (Fsp3) is 0.350. The summed E-state index contributed by atoms with van der Waals surface area (Å²) in [5, 5.41) is 11.0. The van der Waals surface area contributed by atoms with Crippen LogP contribution in [0.5, 0.6) is 0 Å². The Labute approximate surface area is 169 Å². The monoisotopic (exact) mass is 417 g/mol. The number of non-ortho nitro benzene ring substituents is 1. The Hall–Kier alpha value is -2.94. The SMILES string of the molecule is C[C@@H](c1cccc([N+](=O)[O-])c1)N(C)C(=O)c1ccc2c(c1)C[C@H](C)N2S(C)(=O)=O. The number of hydrogen-bond donors (Lipinski definition) is 0. The molecule has 1 aliphatic heterocycles. The zero-order valence-corrected chi connectivity index (χ0v) is 17.5. The maximum atomic E-state index is 13.0. The van der Waals surface area contributed by atoms with Crippen LogP contribution in [0.3, 0.4) is 0 Å². The quantitative estimate of drug-likeness (QED) is 0.549. The van der Waals surface area contributed by atoms with Gasteiger partial charge < -0.3 is 4.90 Å². The van der Waals surface area contributed by atoms with Gasteiger partial charge in [0.1, 0.15) is 0 Å². The molecular weight excluding hydrogens is 394 g/mol. The summed E-state index contributed by atoms with van der Waals surface area (Å²) in [6.45, 7) is 3.64. The first kappa shape index (κ1) is 20.8. The molecule has 0 spiro atoms. The normalized spacial score (nSPS) is 17.0. The predicted molar refractivity (Wildman–Crippen MR) is 111 cm³/mol. The first-order valence-electron chi connectivity index (χ1n) is 9.14. The Morgan fingerprint density at radius 2 is 1.97 bits per heavy atom. The van der Waals surface area contributed by atoms with Gasteiger partial charge in [-0.1, -0.05) is 12.1 Å². The fourth-order valence-electron chi connectivity index (χ4n) is 3.74. The zero-order chi connectivity index (χ0) is 21.5. The van der Waals surface area contributed by atoms with Gasteiger partial charge in [-0.25, -0.2) is 8.42 Å². The molecule has 0 aromatic heterocycles. The van der Waals surface area contributed by atoms with Gasteiger partial charge in [0.15, 0.2) is 0 Å². The Morgan fingerprint density at radius 3 is 2.59 bits per heavy atom. The van der Waals surface area contributed by atoms with Crippen LogP contribution >= 0.6 is 0 Å². The van der Waals surface area contributed by atoms with Gasteiger partial charge in [-0.05, 0) is 49.6 Å². The zero-order valence-electron chi connectivity index (χ0n) is 16.7. The lowest BCUT2D eigenvalue weighted by Gasteiger charge is -2.26. The molecule has 0 saturated carbocycles. The molecule has 1 amide bonds. The highest BCUT2D eigenvalue weighted by molar-refractivity contribution is 7.92. The average Bonchev–Trinajstić information content (AvgIpc) is 3.01. The largest absolute Gasteiger partial charge is 0.335 e. The maximum Gasteiger partial charge on any atom is 0.269 e. The Kier molecular flexibility index (Phi) is 5.36. The van der Waals surface area contributed by atoms with E-state index in [4.69, 9.17) is 0 Å². The minimum absolute atomic E-state index is 0.0254. The summed E-state index contributed by atoms with van der Waals surface area (Å²) in [6, 6.07) is 10.7. The number of nitro benzene ring substituents is 1. The third-order valence-electron chi connectivity index (χ3n) is 5.30. The molecule has 2 aromatic carbocycles. The summed E-state index contributed by atoms with van der Waals surface area (Å²) >= 11 is 0. The van der Waals surface area contributed by atoms with Gasteiger partial charge in [0.2, 0.25) is 10.0 Å². The highest BCUT2D eigenvalue weighted by atomic mass is 32.2. The van der Waals surface area contributed by atoms with E-state index in [1.807, 2.05) is 6.92 Å². The van der Waals surface area contributed by atoms with Crippen molar-refractivity contribution in [2.24, 2.45) is 0 Å². The van der Waals surface area contributed by atoms with E-state index in [0.717, 1.165) is 5.56 Å². The molecule has 0 fully saturated rings. The molecule has 29 heavy (non-hydrogen) atoms. The van der Waals surface area contributed by atoms with Gasteiger partial charge in [-0.3, -0.25) is 19.2 Å². The predicted octanol–water partition coefficient (Wildman–Crippen LogP) is 3.14. The van der Waals surface area contributed by atoms with Gasteiger partial charge in [-0.15, -0.1) is 0 Å². The summed E-state index contributed by atoms with van der Waals surface area (Å²) in [4.78, 5) is 25.1. The molecule has 3 rings (SSSR count). The van der Waals surface area contributed by atoms with Gasteiger partial charge >= 0.3 is 0 Å². The van der Waals surface area contributed by atoms with Crippen LogP contribution in [0.1, 0.15) is 41.4 Å². The summed E-state index contributed by atoms with van der Waals surface area (Å²) in [7, 11) is -1.75. The number of sulfonamides is 1. The van der Waals surface area contributed by atoms with E-state index >= 15 is 0 Å². The van der Waals surface area contributed by atoms with Crippen LogP contribution in [0, 0.1) is 10.1 Å². The highest BCUT2D eigenvalue weighted by Crippen LogP contribution is 2.35. The molecule has 0 aliphatic carbocycles. The van der Waals surface area contributed by atoms with E-state index in [0.29, 0.717) is 23.2 Å². The number of rotatable bonds is 5. The smallest absolute Gasteiger partial charge is 0.269 e. The van der Waals surface area contributed by atoms with E-state index in [2.05, 4.69) is 0 Å². The second kappa shape index (κ2) is 7.47. The van der Waals surface area contributed by atoms with Crippen molar-refractivity contribution in [3.63, 3.8) is 0 Å². The van der Waals surface area contributed by atoms with Crippen molar-refractivity contribution in [1.82, 2.24) is 4.90 Å². The van der Waals surface area contributed by atoms with Gasteiger partial charge in [0, 0.05) is 30.8 Å². The summed E-state index contributed by atoms with van der Waals surface area (Å²) in [6.07, 6.45) is 1.71. The molecule has 0 radical (unpaired) electrons. The van der Waals surface area contributed by atoms with E-state index in [9.17, 15) is 23.3 Å². The van der Waals surface area contributed by atoms with E-state index < -0.39 is 14.9 Å². The number of nitro groups is 1. The molecule has 0 saturated heterocycles. The van der Waals surface area contributed by atoms with E-state index in [-0.39, 0.29) is 23.7 Å². The van der Waals surface area contributed by atoms with Crippen LogP contribution in [-0.4, -0.2) is 43.5 Å². The lowest BCUT2D eigenvalue weighted by molar-refractivity contribution is -0.384. The number of nitrogens with zero attached hydrogens (tertiary/aromatic N) is 3. The molecule has 0 bridgehead atoms. The maximum absolute atomic E-state index is 13.0. The molecule has 9 heteroatoms. The van der Waals surface area contributed by atoms with Gasteiger partial charge in [0.25, 0.3) is 11.6 Å². The number of carbonyl (C=O) groups excluding carboxylic acids is 1. The van der Waals surface area contributed by atoms with Crippen molar-refractivity contribution >= 4 is 27.3 Å². The molecule has 0 N–H and O–H groups in total. The number of hydrogen-bond acceptors (Lipinski definition) is 5. The third kappa shape index (κ3) is 3.95. The Morgan fingerprint density at radius 1 is 1.28 bits per heavy atom. The molecular formula is C20H23N3O5S. The first-order chi connectivity index (χ1) is 13.5. The van der Waals surface area contributed by atoms with Crippen molar-refractivity contribution in [3.05, 3.63) is 69.3 Å². The Bertz CT molecular complexity index is 1080. The first-order valence-corrected chi connectivity index (χ1v) is 11.0. The van der Waals surface area contributed by atoms with E-state index in [1.54, 1.807) is 44.3 Å². The number of benzene rings is 2. The number of anilines is 1. The number of amides is 1. The van der Waals surface area contributed by atoms with Crippen molar-refractivity contribution in [2.45, 2.75) is 32.4 Å².